The van der Waals surface area contributed by atoms with Crippen molar-refractivity contribution >= 4 is 11.8 Å². The Morgan fingerprint density at radius 2 is 2.15 bits per heavy atom. The third kappa shape index (κ3) is 3.36. The van der Waals surface area contributed by atoms with Crippen molar-refractivity contribution in [3.63, 3.8) is 0 Å². The molecule has 1 aliphatic heterocycles. The third-order valence-electron chi connectivity index (χ3n) is 3.60. The highest BCUT2D eigenvalue weighted by atomic mass is 16.5. The van der Waals surface area contributed by atoms with E-state index in [1.165, 1.54) is 0 Å². The Hall–Kier alpha value is -1.88. The Morgan fingerprint density at radius 3 is 2.85 bits per heavy atom. The Kier molecular flexibility index (Phi) is 4.74. The smallest absolute Gasteiger partial charge is 0.253 e. The molecule has 2 rings (SSSR count). The fourth-order valence-corrected chi connectivity index (χ4v) is 2.61. The standard InChI is InChI=1S/C15H20N2O3/c1-20-10-11-4-3-7-17(9-11)15(19)13-6-2-5-12(8-13)14(16)18/h2,5-6,8,11H,3-4,7,9-10H2,1H3,(H2,16,18). The van der Waals surface area contributed by atoms with Crippen LogP contribution in [-0.4, -0.2) is 43.5 Å². The number of likely N-dealkylation sites (tertiary alicyclic amines) is 1. The molecule has 0 spiro atoms. The number of nitrogens with zero attached hydrogens (tertiary/aromatic N) is 1. The molecule has 1 aromatic carbocycles. The molecule has 2 amide bonds. The number of primary amides is 1. The van der Waals surface area contributed by atoms with Crippen LogP contribution in [0.5, 0.6) is 0 Å². The van der Waals surface area contributed by atoms with Gasteiger partial charge in [-0.1, -0.05) is 6.07 Å². The minimum absolute atomic E-state index is 0.0473. The fraction of sp³-hybridized carbons (Fsp3) is 0.467. The van der Waals surface area contributed by atoms with Crippen molar-refractivity contribution in [3.8, 4) is 0 Å². The minimum Gasteiger partial charge on any atom is -0.384 e. The number of piperidine rings is 1. The van der Waals surface area contributed by atoms with Gasteiger partial charge in [0.05, 0.1) is 6.61 Å². The zero-order chi connectivity index (χ0) is 14.5. The van der Waals surface area contributed by atoms with Crippen LogP contribution >= 0.6 is 0 Å². The molecule has 1 atom stereocenters. The molecule has 5 heteroatoms. The van der Waals surface area contributed by atoms with E-state index in [4.69, 9.17) is 10.5 Å². The monoisotopic (exact) mass is 276 g/mol. The molecule has 1 heterocycles. The van der Waals surface area contributed by atoms with Crippen LogP contribution in [-0.2, 0) is 4.74 Å². The molecule has 1 fully saturated rings. The van der Waals surface area contributed by atoms with E-state index < -0.39 is 5.91 Å². The lowest BCUT2D eigenvalue weighted by molar-refractivity contribution is 0.0571. The van der Waals surface area contributed by atoms with Crippen molar-refractivity contribution in [1.82, 2.24) is 4.90 Å². The summed E-state index contributed by atoms with van der Waals surface area (Å²) in [5, 5.41) is 0. The summed E-state index contributed by atoms with van der Waals surface area (Å²) in [6.45, 7) is 2.12. The van der Waals surface area contributed by atoms with Gasteiger partial charge in [0, 0.05) is 31.3 Å². The van der Waals surface area contributed by atoms with Gasteiger partial charge in [-0.15, -0.1) is 0 Å². The van der Waals surface area contributed by atoms with Crippen LogP contribution in [0.4, 0.5) is 0 Å². The summed E-state index contributed by atoms with van der Waals surface area (Å²) in [6, 6.07) is 6.58. The Morgan fingerprint density at radius 1 is 1.40 bits per heavy atom. The molecule has 0 saturated carbocycles. The second-order valence-electron chi connectivity index (χ2n) is 5.16. The first-order chi connectivity index (χ1) is 9.61. The quantitative estimate of drug-likeness (QED) is 0.900. The number of nitrogens with two attached hydrogens (primary N) is 1. The van der Waals surface area contributed by atoms with E-state index in [2.05, 4.69) is 0 Å². The molecule has 1 saturated heterocycles. The number of benzene rings is 1. The summed E-state index contributed by atoms with van der Waals surface area (Å²) in [5.41, 5.74) is 6.12. The minimum atomic E-state index is -0.518. The molecule has 108 valence electrons. The molecule has 5 nitrogen and oxygen atoms in total. The van der Waals surface area contributed by atoms with Crippen molar-refractivity contribution in [1.29, 1.82) is 0 Å². The van der Waals surface area contributed by atoms with Crippen molar-refractivity contribution in [3.05, 3.63) is 35.4 Å². The second-order valence-corrected chi connectivity index (χ2v) is 5.16. The predicted molar refractivity (Wildman–Crippen MR) is 75.5 cm³/mol. The highest BCUT2D eigenvalue weighted by Crippen LogP contribution is 2.19. The largest absolute Gasteiger partial charge is 0.384 e. The maximum absolute atomic E-state index is 12.5. The molecule has 20 heavy (non-hydrogen) atoms. The van der Waals surface area contributed by atoms with Crippen LogP contribution in [0, 0.1) is 5.92 Å². The Balaban J connectivity index is 2.10. The first kappa shape index (κ1) is 14.5. The van der Waals surface area contributed by atoms with E-state index in [0.717, 1.165) is 19.4 Å². The van der Waals surface area contributed by atoms with Gasteiger partial charge in [-0.05, 0) is 37.0 Å². The lowest BCUT2D eigenvalue weighted by atomic mass is 9.98. The van der Waals surface area contributed by atoms with Crippen LogP contribution in [0.1, 0.15) is 33.6 Å². The van der Waals surface area contributed by atoms with Gasteiger partial charge in [0.25, 0.3) is 5.91 Å². The van der Waals surface area contributed by atoms with Gasteiger partial charge in [0.15, 0.2) is 0 Å². The van der Waals surface area contributed by atoms with Crippen molar-refractivity contribution in [2.75, 3.05) is 26.8 Å². The Bertz CT molecular complexity index is 500. The summed E-state index contributed by atoms with van der Waals surface area (Å²) in [7, 11) is 1.68. The normalized spacial score (nSPS) is 18.9. The van der Waals surface area contributed by atoms with Crippen LogP contribution in [0.15, 0.2) is 24.3 Å². The van der Waals surface area contributed by atoms with Gasteiger partial charge in [0.2, 0.25) is 5.91 Å². The maximum Gasteiger partial charge on any atom is 0.253 e. The fourth-order valence-electron chi connectivity index (χ4n) is 2.61. The van der Waals surface area contributed by atoms with Gasteiger partial charge in [0.1, 0.15) is 0 Å². The van der Waals surface area contributed by atoms with Gasteiger partial charge in [-0.25, -0.2) is 0 Å². The van der Waals surface area contributed by atoms with Crippen molar-refractivity contribution < 1.29 is 14.3 Å². The molecule has 0 radical (unpaired) electrons. The van der Waals surface area contributed by atoms with Crippen LogP contribution < -0.4 is 5.73 Å². The van der Waals surface area contributed by atoms with Crippen molar-refractivity contribution in [2.45, 2.75) is 12.8 Å². The lowest BCUT2D eigenvalue weighted by Gasteiger charge is -2.32. The number of amides is 2. The lowest BCUT2D eigenvalue weighted by Crippen LogP contribution is -2.41. The van der Waals surface area contributed by atoms with E-state index in [-0.39, 0.29) is 5.91 Å². The molecule has 1 aliphatic rings. The number of ether oxygens (including phenoxy) is 1. The average Bonchev–Trinajstić information content (AvgIpc) is 2.47. The topological polar surface area (TPSA) is 72.6 Å². The molecular formula is C15H20N2O3. The molecule has 2 N–H and O–H groups in total. The van der Waals surface area contributed by atoms with Gasteiger partial charge in [-0.3, -0.25) is 9.59 Å². The number of carbonyl (C=O) groups excluding carboxylic acids is 2. The number of carbonyl (C=O) groups is 2. The first-order valence-electron chi connectivity index (χ1n) is 6.80. The molecule has 1 unspecified atom stereocenters. The summed E-state index contributed by atoms with van der Waals surface area (Å²) >= 11 is 0. The summed E-state index contributed by atoms with van der Waals surface area (Å²) in [5.74, 6) is -0.179. The van der Waals surface area contributed by atoms with E-state index in [0.29, 0.717) is 30.2 Å². The van der Waals surface area contributed by atoms with Crippen LogP contribution in [0.2, 0.25) is 0 Å². The molecular weight excluding hydrogens is 256 g/mol. The highest BCUT2D eigenvalue weighted by Gasteiger charge is 2.24. The molecule has 0 aromatic heterocycles. The number of rotatable bonds is 4. The Labute approximate surface area is 118 Å². The SMILES string of the molecule is COCC1CCCN(C(=O)c2cccc(C(N)=O)c2)C1. The van der Waals surface area contributed by atoms with E-state index in [9.17, 15) is 9.59 Å². The van der Waals surface area contributed by atoms with Crippen LogP contribution in [0.3, 0.4) is 0 Å². The first-order valence-corrected chi connectivity index (χ1v) is 6.80. The molecule has 1 aromatic rings. The van der Waals surface area contributed by atoms with Crippen LogP contribution in [0.25, 0.3) is 0 Å². The zero-order valence-electron chi connectivity index (χ0n) is 11.7. The maximum atomic E-state index is 12.5. The summed E-state index contributed by atoms with van der Waals surface area (Å²) < 4.78 is 5.17. The number of methoxy groups -OCH3 is 1. The summed E-state index contributed by atoms with van der Waals surface area (Å²) in [6.07, 6.45) is 2.06. The molecule has 0 aliphatic carbocycles. The zero-order valence-corrected chi connectivity index (χ0v) is 11.7. The predicted octanol–water partition coefficient (Wildman–Crippen LogP) is 1.28. The number of hydrogen-bond acceptors (Lipinski definition) is 3. The van der Waals surface area contributed by atoms with Gasteiger partial charge >= 0.3 is 0 Å². The van der Waals surface area contributed by atoms with Gasteiger partial charge < -0.3 is 15.4 Å². The van der Waals surface area contributed by atoms with E-state index >= 15 is 0 Å². The third-order valence-corrected chi connectivity index (χ3v) is 3.60. The molecule has 0 bridgehead atoms. The second kappa shape index (κ2) is 6.52. The van der Waals surface area contributed by atoms with E-state index in [1.54, 1.807) is 31.4 Å². The van der Waals surface area contributed by atoms with E-state index in [1.807, 2.05) is 4.90 Å². The highest BCUT2D eigenvalue weighted by molar-refractivity contribution is 5.99. The summed E-state index contributed by atoms with van der Waals surface area (Å²) in [4.78, 5) is 25.5. The average molecular weight is 276 g/mol. The van der Waals surface area contributed by atoms with Crippen molar-refractivity contribution in [2.24, 2.45) is 11.7 Å². The number of hydrogen-bond donors (Lipinski definition) is 1. The van der Waals surface area contributed by atoms with Gasteiger partial charge in [-0.2, -0.15) is 0 Å².